The molecule has 0 radical (unpaired) electrons. The average Bonchev–Trinajstić information content (AvgIpc) is 4.00. The van der Waals surface area contributed by atoms with Crippen molar-refractivity contribution in [3.05, 3.63) is 206 Å². The van der Waals surface area contributed by atoms with Crippen LogP contribution in [0, 0.1) is 0 Å². The SMILES string of the molecule is c1ccc(-c2ccc(-c3nc(-n4c5c(ccc6c7ccccc7oc65)c5ccc6c7ccccc7n(-c7ccc(-c8ccccc8)cc7)c6c54)nc4ccccc34)cc2)cc1. The minimum atomic E-state index is 0.581. The summed E-state index contributed by atoms with van der Waals surface area (Å²) in [5.41, 5.74) is 14.3. The van der Waals surface area contributed by atoms with Gasteiger partial charge in [-0.3, -0.25) is 4.57 Å². The fraction of sp³-hybridized carbons (Fsp3) is 0. The molecular weight excluding hydrogens is 745 g/mol. The van der Waals surface area contributed by atoms with Crippen LogP contribution in [0.1, 0.15) is 0 Å². The summed E-state index contributed by atoms with van der Waals surface area (Å²) >= 11 is 0. The molecule has 0 saturated carbocycles. The predicted molar refractivity (Wildman–Crippen MR) is 252 cm³/mol. The van der Waals surface area contributed by atoms with Gasteiger partial charge in [0.1, 0.15) is 11.1 Å². The van der Waals surface area contributed by atoms with E-state index in [0.717, 1.165) is 93.6 Å². The average molecular weight is 779 g/mol. The van der Waals surface area contributed by atoms with Crippen LogP contribution < -0.4 is 0 Å². The second-order valence-corrected chi connectivity index (χ2v) is 15.7. The van der Waals surface area contributed by atoms with E-state index in [0.29, 0.717) is 5.95 Å². The van der Waals surface area contributed by atoms with Crippen LogP contribution >= 0.6 is 0 Å². The van der Waals surface area contributed by atoms with Gasteiger partial charge in [-0.15, -0.1) is 0 Å². The largest absolute Gasteiger partial charge is 0.454 e. The van der Waals surface area contributed by atoms with Crippen molar-refractivity contribution in [2.24, 2.45) is 0 Å². The Bertz CT molecular complexity index is 3840. The third kappa shape index (κ3) is 5.08. The van der Waals surface area contributed by atoms with E-state index < -0.39 is 0 Å². The van der Waals surface area contributed by atoms with E-state index in [1.807, 2.05) is 12.1 Å². The van der Waals surface area contributed by atoms with E-state index in [1.54, 1.807) is 0 Å². The lowest BCUT2D eigenvalue weighted by atomic mass is 10.0. The predicted octanol–water partition coefficient (Wildman–Crippen LogP) is 14.7. The van der Waals surface area contributed by atoms with Crippen molar-refractivity contribution >= 4 is 76.5 Å². The summed E-state index contributed by atoms with van der Waals surface area (Å²) in [7, 11) is 0. The van der Waals surface area contributed by atoms with Crippen LogP contribution in [0.5, 0.6) is 0 Å². The molecule has 0 N–H and O–H groups in total. The van der Waals surface area contributed by atoms with E-state index in [-0.39, 0.29) is 0 Å². The highest BCUT2D eigenvalue weighted by Crippen LogP contribution is 2.45. The zero-order valence-electron chi connectivity index (χ0n) is 32.8. The summed E-state index contributed by atoms with van der Waals surface area (Å²) in [5.74, 6) is 0.581. The minimum absolute atomic E-state index is 0.581. The molecule has 0 bridgehead atoms. The van der Waals surface area contributed by atoms with Gasteiger partial charge in [0.2, 0.25) is 5.95 Å². The van der Waals surface area contributed by atoms with Gasteiger partial charge in [0.05, 0.1) is 27.8 Å². The van der Waals surface area contributed by atoms with Crippen molar-refractivity contribution in [3.63, 3.8) is 0 Å². The number of nitrogens with zero attached hydrogens (tertiary/aromatic N) is 4. The maximum atomic E-state index is 6.87. The first-order valence-corrected chi connectivity index (χ1v) is 20.7. The van der Waals surface area contributed by atoms with E-state index in [1.165, 1.54) is 22.1 Å². The molecule has 61 heavy (non-hydrogen) atoms. The molecule has 0 saturated heterocycles. The number of furan rings is 1. The third-order valence-corrected chi connectivity index (χ3v) is 12.4. The van der Waals surface area contributed by atoms with Crippen molar-refractivity contribution in [3.8, 4) is 45.1 Å². The van der Waals surface area contributed by atoms with E-state index in [4.69, 9.17) is 14.4 Å². The fourth-order valence-corrected chi connectivity index (χ4v) is 9.55. The molecule has 0 atom stereocenters. The zero-order chi connectivity index (χ0) is 40.0. The minimum Gasteiger partial charge on any atom is -0.454 e. The van der Waals surface area contributed by atoms with Crippen LogP contribution in [0.3, 0.4) is 0 Å². The summed E-state index contributed by atoms with van der Waals surface area (Å²) in [6, 6.07) is 73.0. The first-order chi connectivity index (χ1) is 30.3. The molecule has 4 aromatic heterocycles. The van der Waals surface area contributed by atoms with Gasteiger partial charge in [0.25, 0.3) is 0 Å². The monoisotopic (exact) mass is 778 g/mol. The molecule has 13 aromatic rings. The summed E-state index contributed by atoms with van der Waals surface area (Å²) in [6.07, 6.45) is 0. The summed E-state index contributed by atoms with van der Waals surface area (Å²) in [5, 5.41) is 7.62. The Morgan fingerprint density at radius 2 is 0.836 bits per heavy atom. The van der Waals surface area contributed by atoms with Crippen LogP contribution in [0.25, 0.3) is 122 Å². The second-order valence-electron chi connectivity index (χ2n) is 15.7. The van der Waals surface area contributed by atoms with Gasteiger partial charge in [-0.1, -0.05) is 170 Å². The molecule has 13 rings (SSSR count). The molecule has 5 heteroatoms. The highest BCUT2D eigenvalue weighted by atomic mass is 16.3. The Kier molecular flexibility index (Phi) is 7.24. The van der Waals surface area contributed by atoms with Gasteiger partial charge in [-0.05, 0) is 58.7 Å². The van der Waals surface area contributed by atoms with Gasteiger partial charge in [-0.25, -0.2) is 9.97 Å². The van der Waals surface area contributed by atoms with Crippen molar-refractivity contribution in [1.29, 1.82) is 0 Å². The number of hydrogen-bond donors (Lipinski definition) is 0. The first kappa shape index (κ1) is 33.7. The molecule has 0 spiro atoms. The Morgan fingerprint density at radius 3 is 1.56 bits per heavy atom. The van der Waals surface area contributed by atoms with Crippen LogP contribution in [0.15, 0.2) is 211 Å². The summed E-state index contributed by atoms with van der Waals surface area (Å²) in [6.45, 7) is 0. The molecule has 0 fully saturated rings. The molecule has 5 nitrogen and oxygen atoms in total. The lowest BCUT2D eigenvalue weighted by molar-refractivity contribution is 0.671. The molecule has 0 amide bonds. The molecule has 0 aliphatic rings. The molecule has 4 heterocycles. The number of para-hydroxylation sites is 3. The summed E-state index contributed by atoms with van der Waals surface area (Å²) < 4.78 is 11.6. The van der Waals surface area contributed by atoms with Gasteiger partial charge in [0, 0.05) is 49.0 Å². The maximum absolute atomic E-state index is 6.87. The van der Waals surface area contributed by atoms with E-state index in [2.05, 4.69) is 203 Å². The van der Waals surface area contributed by atoms with E-state index in [9.17, 15) is 0 Å². The Hall–Kier alpha value is -8.28. The van der Waals surface area contributed by atoms with Crippen LogP contribution in [0.2, 0.25) is 0 Å². The topological polar surface area (TPSA) is 48.8 Å². The first-order valence-electron chi connectivity index (χ1n) is 20.7. The standard InChI is InChI=1S/C56H34N4O/c1-3-13-35(14-4-1)37-23-25-39(26-24-37)51-47-19-7-10-20-48(47)57-56(58-51)60-53-44(45-33-34-46-42-18-9-12-22-50(42)61-55(46)54(45)60)32-31-43-41-17-8-11-21-49(41)59(52(43)53)40-29-27-38(28-30-40)36-15-5-2-6-16-36/h1-34H. The van der Waals surface area contributed by atoms with Crippen molar-refractivity contribution < 1.29 is 4.42 Å². The maximum Gasteiger partial charge on any atom is 0.236 e. The van der Waals surface area contributed by atoms with Gasteiger partial charge in [-0.2, -0.15) is 0 Å². The lowest BCUT2D eigenvalue weighted by Gasteiger charge is -2.14. The molecule has 0 aliphatic heterocycles. The quantitative estimate of drug-likeness (QED) is 0.175. The zero-order valence-corrected chi connectivity index (χ0v) is 32.8. The Balaban J connectivity index is 1.16. The van der Waals surface area contributed by atoms with Crippen LogP contribution in [-0.4, -0.2) is 19.1 Å². The third-order valence-electron chi connectivity index (χ3n) is 12.4. The smallest absolute Gasteiger partial charge is 0.236 e. The molecule has 9 aromatic carbocycles. The number of aromatic nitrogens is 4. The van der Waals surface area contributed by atoms with Crippen molar-refractivity contribution in [2.45, 2.75) is 0 Å². The van der Waals surface area contributed by atoms with Crippen molar-refractivity contribution in [1.82, 2.24) is 19.1 Å². The molecule has 0 aliphatic carbocycles. The molecular formula is C56H34N4O. The van der Waals surface area contributed by atoms with E-state index >= 15 is 0 Å². The number of fused-ring (bicyclic) bond motifs is 12. The fourth-order valence-electron chi connectivity index (χ4n) is 9.55. The number of hydrogen-bond acceptors (Lipinski definition) is 3. The van der Waals surface area contributed by atoms with Gasteiger partial charge in [0.15, 0.2) is 5.58 Å². The van der Waals surface area contributed by atoms with Gasteiger partial charge >= 0.3 is 0 Å². The summed E-state index contributed by atoms with van der Waals surface area (Å²) in [4.78, 5) is 11.0. The molecule has 284 valence electrons. The Morgan fingerprint density at radius 1 is 0.328 bits per heavy atom. The lowest BCUT2D eigenvalue weighted by Crippen LogP contribution is -2.05. The number of benzene rings is 9. The highest BCUT2D eigenvalue weighted by Gasteiger charge is 2.26. The van der Waals surface area contributed by atoms with Crippen molar-refractivity contribution in [2.75, 3.05) is 0 Å². The second kappa shape index (κ2) is 13.1. The van der Waals surface area contributed by atoms with Crippen LogP contribution in [0.4, 0.5) is 0 Å². The number of rotatable bonds is 5. The normalized spacial score (nSPS) is 11.9. The molecule has 0 unspecified atom stereocenters. The van der Waals surface area contributed by atoms with Gasteiger partial charge < -0.3 is 8.98 Å². The Labute approximate surface area is 350 Å². The van der Waals surface area contributed by atoms with Crippen LogP contribution in [-0.2, 0) is 0 Å². The highest BCUT2D eigenvalue weighted by molar-refractivity contribution is 6.27.